The molecule has 3 heteroatoms. The second-order valence-electron chi connectivity index (χ2n) is 5.05. The SMILES string of the molecule is CN1c2ccccc2SC12C=CC1C=CC=CC1O2. The summed E-state index contributed by atoms with van der Waals surface area (Å²) in [5, 5.41) is -0.389. The van der Waals surface area contributed by atoms with E-state index in [-0.39, 0.29) is 11.2 Å². The van der Waals surface area contributed by atoms with Crippen LogP contribution in [0.25, 0.3) is 0 Å². The summed E-state index contributed by atoms with van der Waals surface area (Å²) in [5.74, 6) is 0.369. The average molecular weight is 269 g/mol. The van der Waals surface area contributed by atoms with Crippen LogP contribution < -0.4 is 4.90 Å². The second kappa shape index (κ2) is 4.02. The van der Waals surface area contributed by atoms with Crippen molar-refractivity contribution in [1.29, 1.82) is 0 Å². The van der Waals surface area contributed by atoms with Crippen LogP contribution in [0.3, 0.4) is 0 Å². The van der Waals surface area contributed by atoms with Crippen molar-refractivity contribution in [2.24, 2.45) is 5.92 Å². The number of rotatable bonds is 0. The third-order valence-electron chi connectivity index (χ3n) is 3.91. The molecule has 1 aromatic rings. The normalized spacial score (nSPS) is 34.7. The number of benzene rings is 1. The number of hydrogen-bond acceptors (Lipinski definition) is 3. The van der Waals surface area contributed by atoms with Gasteiger partial charge in [0.05, 0.1) is 11.8 Å². The molecule has 0 saturated heterocycles. The Balaban J connectivity index is 1.74. The highest BCUT2D eigenvalue weighted by Crippen LogP contribution is 2.53. The summed E-state index contributed by atoms with van der Waals surface area (Å²) in [7, 11) is 2.10. The molecule has 3 unspecified atom stereocenters. The van der Waals surface area contributed by atoms with Gasteiger partial charge in [-0.05, 0) is 18.2 Å². The van der Waals surface area contributed by atoms with Crippen LogP contribution in [0, 0.1) is 5.92 Å². The first-order valence-electron chi connectivity index (χ1n) is 6.53. The highest BCUT2D eigenvalue weighted by Gasteiger charge is 2.46. The smallest absolute Gasteiger partial charge is 0.214 e. The molecule has 2 heterocycles. The van der Waals surface area contributed by atoms with Gasteiger partial charge in [0.15, 0.2) is 0 Å². The molecule has 0 N–H and O–H groups in total. The molecule has 2 aliphatic heterocycles. The predicted octanol–water partition coefficient (Wildman–Crippen LogP) is 3.58. The van der Waals surface area contributed by atoms with Gasteiger partial charge in [-0.3, -0.25) is 0 Å². The lowest BCUT2D eigenvalue weighted by Gasteiger charge is -2.41. The summed E-state index contributed by atoms with van der Waals surface area (Å²) in [5.41, 5.74) is 1.24. The Bertz CT molecular complexity index is 607. The molecule has 1 spiro atoms. The van der Waals surface area contributed by atoms with E-state index in [2.05, 4.69) is 72.7 Å². The standard InChI is InChI=1S/C16H15NOS/c1-17-13-7-3-5-9-15(13)19-16(17)11-10-12-6-2-4-8-14(12)18-16/h2-12,14H,1H3. The maximum absolute atomic E-state index is 6.40. The zero-order chi connectivity index (χ0) is 12.9. The van der Waals surface area contributed by atoms with Gasteiger partial charge in [-0.25, -0.2) is 0 Å². The molecular weight excluding hydrogens is 254 g/mol. The first kappa shape index (κ1) is 11.4. The summed E-state index contributed by atoms with van der Waals surface area (Å²) >= 11 is 1.78. The van der Waals surface area contributed by atoms with Crippen LogP contribution in [0.15, 0.2) is 65.6 Å². The molecule has 0 bridgehead atoms. The van der Waals surface area contributed by atoms with Crippen LogP contribution in [0.4, 0.5) is 5.69 Å². The molecule has 3 aliphatic rings. The van der Waals surface area contributed by atoms with Crippen LogP contribution in [-0.4, -0.2) is 18.2 Å². The summed E-state index contributed by atoms with van der Waals surface area (Å²) in [6.45, 7) is 0. The molecule has 96 valence electrons. The summed E-state index contributed by atoms with van der Waals surface area (Å²) < 4.78 is 6.40. The molecule has 19 heavy (non-hydrogen) atoms. The highest BCUT2D eigenvalue weighted by atomic mass is 32.2. The number of anilines is 1. The lowest BCUT2D eigenvalue weighted by Crippen LogP contribution is -2.47. The third-order valence-corrected chi connectivity index (χ3v) is 5.27. The van der Waals surface area contributed by atoms with E-state index in [0.717, 1.165) is 0 Å². The molecule has 0 radical (unpaired) electrons. The van der Waals surface area contributed by atoms with E-state index in [9.17, 15) is 0 Å². The number of fused-ring (bicyclic) bond motifs is 2. The Morgan fingerprint density at radius 1 is 1.16 bits per heavy atom. The van der Waals surface area contributed by atoms with E-state index in [0.29, 0.717) is 5.92 Å². The number of likely N-dealkylation sites (N-methyl/N-ethyl adjacent to an activating group) is 1. The molecular formula is C16H15NOS. The molecule has 3 atom stereocenters. The molecule has 0 fully saturated rings. The van der Waals surface area contributed by atoms with Gasteiger partial charge in [-0.15, -0.1) is 0 Å². The maximum Gasteiger partial charge on any atom is 0.214 e. The topological polar surface area (TPSA) is 12.5 Å². The highest BCUT2D eigenvalue weighted by molar-refractivity contribution is 8.01. The maximum atomic E-state index is 6.40. The van der Waals surface area contributed by atoms with Crippen molar-refractivity contribution in [3.05, 3.63) is 60.7 Å². The fourth-order valence-corrected chi connectivity index (χ4v) is 4.14. The van der Waals surface area contributed by atoms with Crippen LogP contribution in [0.1, 0.15) is 0 Å². The fraction of sp³-hybridized carbons (Fsp3) is 0.250. The minimum atomic E-state index is -0.389. The van der Waals surface area contributed by atoms with Gasteiger partial charge in [-0.1, -0.05) is 54.3 Å². The summed E-state index contributed by atoms with van der Waals surface area (Å²) in [6, 6.07) is 8.47. The van der Waals surface area contributed by atoms with Crippen molar-refractivity contribution in [1.82, 2.24) is 0 Å². The third kappa shape index (κ3) is 1.62. The van der Waals surface area contributed by atoms with Crippen molar-refractivity contribution in [3.63, 3.8) is 0 Å². The number of thioether (sulfide) groups is 1. The fourth-order valence-electron chi connectivity index (χ4n) is 2.83. The van der Waals surface area contributed by atoms with Crippen LogP contribution >= 0.6 is 11.8 Å². The molecule has 0 saturated carbocycles. The Hall–Kier alpha value is -1.45. The van der Waals surface area contributed by atoms with Crippen LogP contribution in [0.2, 0.25) is 0 Å². The van der Waals surface area contributed by atoms with E-state index in [1.807, 2.05) is 0 Å². The van der Waals surface area contributed by atoms with E-state index < -0.39 is 0 Å². The average Bonchev–Trinajstić information content (AvgIpc) is 2.72. The van der Waals surface area contributed by atoms with Crippen molar-refractivity contribution < 1.29 is 4.74 Å². The van der Waals surface area contributed by atoms with Gasteiger partial charge in [0.2, 0.25) is 5.06 Å². The van der Waals surface area contributed by atoms with Crippen molar-refractivity contribution >= 4 is 17.4 Å². The molecule has 0 aromatic heterocycles. The monoisotopic (exact) mass is 269 g/mol. The van der Waals surface area contributed by atoms with Crippen LogP contribution in [0.5, 0.6) is 0 Å². The molecule has 1 aromatic carbocycles. The summed E-state index contributed by atoms with van der Waals surface area (Å²) in [4.78, 5) is 3.51. The van der Waals surface area contributed by atoms with Gasteiger partial charge in [0.25, 0.3) is 0 Å². The zero-order valence-electron chi connectivity index (χ0n) is 10.7. The minimum absolute atomic E-state index is 0.138. The van der Waals surface area contributed by atoms with Gasteiger partial charge in [-0.2, -0.15) is 0 Å². The van der Waals surface area contributed by atoms with Gasteiger partial charge < -0.3 is 9.64 Å². The van der Waals surface area contributed by atoms with Crippen molar-refractivity contribution in [2.75, 3.05) is 11.9 Å². The van der Waals surface area contributed by atoms with Gasteiger partial charge in [0.1, 0.15) is 0 Å². The largest absolute Gasteiger partial charge is 0.334 e. The predicted molar refractivity (Wildman–Crippen MR) is 79.2 cm³/mol. The van der Waals surface area contributed by atoms with Gasteiger partial charge >= 0.3 is 0 Å². The van der Waals surface area contributed by atoms with Crippen molar-refractivity contribution in [3.8, 4) is 0 Å². The number of ether oxygens (including phenoxy) is 1. The zero-order valence-corrected chi connectivity index (χ0v) is 11.5. The van der Waals surface area contributed by atoms with E-state index >= 15 is 0 Å². The Morgan fingerprint density at radius 2 is 2.00 bits per heavy atom. The van der Waals surface area contributed by atoms with Crippen LogP contribution in [-0.2, 0) is 4.74 Å². The van der Waals surface area contributed by atoms with Gasteiger partial charge in [0, 0.05) is 17.9 Å². The van der Waals surface area contributed by atoms with E-state index in [1.165, 1.54) is 10.6 Å². The number of nitrogens with zero attached hydrogens (tertiary/aromatic N) is 1. The molecule has 0 amide bonds. The first-order chi connectivity index (χ1) is 9.28. The van der Waals surface area contributed by atoms with Crippen molar-refractivity contribution in [2.45, 2.75) is 16.1 Å². The number of hydrogen-bond donors (Lipinski definition) is 0. The molecule has 4 rings (SSSR count). The Labute approximate surface area is 117 Å². The lowest BCUT2D eigenvalue weighted by atomic mass is 9.95. The Morgan fingerprint density at radius 3 is 2.89 bits per heavy atom. The Kier molecular flexibility index (Phi) is 2.41. The van der Waals surface area contributed by atoms with E-state index in [4.69, 9.17) is 4.74 Å². The lowest BCUT2D eigenvalue weighted by molar-refractivity contribution is -0.00255. The second-order valence-corrected chi connectivity index (χ2v) is 6.28. The number of allylic oxidation sites excluding steroid dienone is 2. The quantitative estimate of drug-likeness (QED) is 0.668. The molecule has 2 nitrogen and oxygen atoms in total. The minimum Gasteiger partial charge on any atom is -0.334 e. The van der Waals surface area contributed by atoms with E-state index in [1.54, 1.807) is 11.8 Å². The first-order valence-corrected chi connectivity index (χ1v) is 7.34. The number of para-hydroxylation sites is 1. The molecule has 1 aliphatic carbocycles. The summed E-state index contributed by atoms with van der Waals surface area (Å²) in [6.07, 6.45) is 13.1.